The smallest absolute Gasteiger partial charge is 0.309 e. The third-order valence-electron chi connectivity index (χ3n) is 2.53. The number of halogens is 2. The summed E-state index contributed by atoms with van der Waals surface area (Å²) in [5.74, 6) is -0.215. The van der Waals surface area contributed by atoms with Crippen LogP contribution in [0.2, 0.25) is 5.02 Å². The van der Waals surface area contributed by atoms with E-state index in [2.05, 4.69) is 15.9 Å². The first-order valence-corrected chi connectivity index (χ1v) is 6.20. The molecule has 0 saturated heterocycles. The fraction of sp³-hybridized carbons (Fsp3) is 0.417. The molecule has 1 aromatic carbocycles. The van der Waals surface area contributed by atoms with Crippen LogP contribution in [0.3, 0.4) is 0 Å². The first-order valence-electron chi connectivity index (χ1n) is 5.03. The van der Waals surface area contributed by atoms with E-state index in [-0.39, 0.29) is 0 Å². The minimum absolute atomic E-state index is 0.365. The van der Waals surface area contributed by atoms with Crippen molar-refractivity contribution in [1.29, 1.82) is 0 Å². The van der Waals surface area contributed by atoms with Gasteiger partial charge in [-0.1, -0.05) is 11.6 Å². The van der Waals surface area contributed by atoms with E-state index in [1.807, 2.05) is 0 Å². The van der Waals surface area contributed by atoms with Crippen LogP contribution in [0.5, 0.6) is 5.75 Å². The van der Waals surface area contributed by atoms with Gasteiger partial charge in [0.1, 0.15) is 5.75 Å². The van der Waals surface area contributed by atoms with Gasteiger partial charge in [-0.2, -0.15) is 0 Å². The van der Waals surface area contributed by atoms with Gasteiger partial charge in [-0.25, -0.2) is 0 Å². The van der Waals surface area contributed by atoms with Crippen LogP contribution in [-0.2, 0) is 11.2 Å². The lowest BCUT2D eigenvalue weighted by molar-refractivity contribution is -0.146. The summed E-state index contributed by atoms with van der Waals surface area (Å²) in [6.45, 7) is 3.34. The van der Waals surface area contributed by atoms with E-state index in [9.17, 15) is 4.79 Å². The molecule has 3 nitrogen and oxygen atoms in total. The van der Waals surface area contributed by atoms with Crippen molar-refractivity contribution in [3.63, 3.8) is 0 Å². The van der Waals surface area contributed by atoms with Crippen LogP contribution in [0.1, 0.15) is 19.4 Å². The fourth-order valence-corrected chi connectivity index (χ4v) is 2.19. The number of methoxy groups -OCH3 is 1. The molecule has 0 amide bonds. The summed E-state index contributed by atoms with van der Waals surface area (Å²) in [5, 5.41) is 9.60. The molecule has 94 valence electrons. The largest absolute Gasteiger partial charge is 0.496 e. The molecule has 0 radical (unpaired) electrons. The highest BCUT2D eigenvalue weighted by Crippen LogP contribution is 2.34. The Bertz CT molecular complexity index is 444. The van der Waals surface area contributed by atoms with Gasteiger partial charge in [-0.3, -0.25) is 4.79 Å². The van der Waals surface area contributed by atoms with Gasteiger partial charge in [0.25, 0.3) is 0 Å². The highest BCUT2D eigenvalue weighted by molar-refractivity contribution is 9.10. The van der Waals surface area contributed by atoms with Gasteiger partial charge in [0.2, 0.25) is 0 Å². The molecule has 0 aliphatic carbocycles. The van der Waals surface area contributed by atoms with Crippen molar-refractivity contribution in [2.45, 2.75) is 20.3 Å². The second-order valence-corrected chi connectivity index (χ2v) is 5.71. The molecule has 0 unspecified atom stereocenters. The van der Waals surface area contributed by atoms with Crippen LogP contribution in [-0.4, -0.2) is 18.2 Å². The maximum atomic E-state index is 11.1. The van der Waals surface area contributed by atoms with Crippen LogP contribution >= 0.6 is 27.5 Å². The van der Waals surface area contributed by atoms with E-state index in [1.54, 1.807) is 33.1 Å². The topological polar surface area (TPSA) is 46.5 Å². The molecule has 5 heteroatoms. The van der Waals surface area contributed by atoms with Gasteiger partial charge in [-0.15, -0.1) is 0 Å². The Labute approximate surface area is 114 Å². The van der Waals surface area contributed by atoms with E-state index < -0.39 is 11.4 Å². The second-order valence-electron chi connectivity index (χ2n) is 4.44. The molecular formula is C12H14BrClO3. The van der Waals surface area contributed by atoms with E-state index >= 15 is 0 Å². The van der Waals surface area contributed by atoms with Crippen molar-refractivity contribution in [1.82, 2.24) is 0 Å². The highest BCUT2D eigenvalue weighted by atomic mass is 79.9. The van der Waals surface area contributed by atoms with Crippen molar-refractivity contribution < 1.29 is 14.6 Å². The van der Waals surface area contributed by atoms with Gasteiger partial charge in [0.05, 0.1) is 17.0 Å². The number of aliphatic carboxylic acids is 1. The molecule has 1 rings (SSSR count). The Morgan fingerprint density at radius 1 is 1.53 bits per heavy atom. The molecule has 0 saturated carbocycles. The van der Waals surface area contributed by atoms with Crippen molar-refractivity contribution in [2.75, 3.05) is 7.11 Å². The zero-order valence-corrected chi connectivity index (χ0v) is 12.2. The molecule has 0 atom stereocenters. The maximum Gasteiger partial charge on any atom is 0.309 e. The minimum Gasteiger partial charge on any atom is -0.496 e. The normalized spacial score (nSPS) is 11.4. The minimum atomic E-state index is -0.850. The quantitative estimate of drug-likeness (QED) is 0.918. The first kappa shape index (κ1) is 14.3. The summed E-state index contributed by atoms with van der Waals surface area (Å²) in [5.41, 5.74) is -0.0655. The average molecular weight is 322 g/mol. The summed E-state index contributed by atoms with van der Waals surface area (Å²) in [7, 11) is 1.55. The summed E-state index contributed by atoms with van der Waals surface area (Å²) >= 11 is 9.45. The van der Waals surface area contributed by atoms with Gasteiger partial charge in [-0.05, 0) is 47.8 Å². The monoisotopic (exact) mass is 320 g/mol. The molecular weight excluding hydrogens is 307 g/mol. The van der Waals surface area contributed by atoms with Gasteiger partial charge in [0, 0.05) is 11.1 Å². The van der Waals surface area contributed by atoms with Gasteiger partial charge >= 0.3 is 5.97 Å². The van der Waals surface area contributed by atoms with Crippen LogP contribution in [0.25, 0.3) is 0 Å². The molecule has 0 heterocycles. The van der Waals surface area contributed by atoms with Gasteiger partial charge < -0.3 is 9.84 Å². The maximum absolute atomic E-state index is 11.1. The number of hydrogen-bond acceptors (Lipinski definition) is 2. The lowest BCUT2D eigenvalue weighted by Crippen LogP contribution is -2.26. The molecule has 0 bridgehead atoms. The lowest BCUT2D eigenvalue weighted by Gasteiger charge is -2.20. The Morgan fingerprint density at radius 3 is 2.59 bits per heavy atom. The zero-order chi connectivity index (χ0) is 13.2. The molecule has 0 aliphatic heterocycles. The number of carbonyl (C=O) groups is 1. The summed E-state index contributed by atoms with van der Waals surface area (Å²) in [6.07, 6.45) is 0.365. The van der Waals surface area contributed by atoms with Gasteiger partial charge in [0.15, 0.2) is 0 Å². The third-order valence-corrected chi connectivity index (χ3v) is 3.50. The number of carboxylic acids is 1. The number of rotatable bonds is 4. The lowest BCUT2D eigenvalue weighted by atomic mass is 9.86. The Kier molecular flexibility index (Phi) is 4.44. The fourth-order valence-electron chi connectivity index (χ4n) is 1.41. The molecule has 0 fully saturated rings. The molecule has 0 aromatic heterocycles. The Hall–Kier alpha value is -0.740. The second kappa shape index (κ2) is 5.27. The van der Waals surface area contributed by atoms with E-state index in [0.717, 1.165) is 10.0 Å². The predicted molar refractivity (Wildman–Crippen MR) is 70.8 cm³/mol. The molecule has 1 N–H and O–H groups in total. The number of benzene rings is 1. The number of ether oxygens (including phenoxy) is 1. The van der Waals surface area contributed by atoms with E-state index in [0.29, 0.717) is 17.2 Å². The SMILES string of the molecule is COc1cc(Cl)c(CC(C)(C)C(=O)O)cc1Br. The number of carboxylic acid groups (broad SMARTS) is 1. The summed E-state index contributed by atoms with van der Waals surface area (Å²) in [4.78, 5) is 11.1. The average Bonchev–Trinajstić information content (AvgIpc) is 2.22. The molecule has 1 aromatic rings. The highest BCUT2D eigenvalue weighted by Gasteiger charge is 2.28. The van der Waals surface area contributed by atoms with Crippen molar-refractivity contribution in [3.8, 4) is 5.75 Å². The van der Waals surface area contributed by atoms with Crippen LogP contribution in [0, 0.1) is 5.41 Å². The standard InChI is InChI=1S/C12H14BrClO3/c1-12(2,11(15)16)6-7-4-8(13)10(17-3)5-9(7)14/h4-5H,6H2,1-3H3,(H,15,16). The zero-order valence-electron chi connectivity index (χ0n) is 9.88. The van der Waals surface area contributed by atoms with E-state index in [1.165, 1.54) is 0 Å². The molecule has 17 heavy (non-hydrogen) atoms. The first-order chi connectivity index (χ1) is 7.77. The van der Waals surface area contributed by atoms with Crippen LogP contribution in [0.15, 0.2) is 16.6 Å². The van der Waals surface area contributed by atoms with Crippen molar-refractivity contribution in [2.24, 2.45) is 5.41 Å². The number of hydrogen-bond donors (Lipinski definition) is 1. The van der Waals surface area contributed by atoms with Crippen molar-refractivity contribution in [3.05, 3.63) is 27.2 Å². The Balaban J connectivity index is 3.08. The van der Waals surface area contributed by atoms with E-state index in [4.69, 9.17) is 21.4 Å². The molecule has 0 aliphatic rings. The van der Waals surface area contributed by atoms with Crippen molar-refractivity contribution >= 4 is 33.5 Å². The molecule has 0 spiro atoms. The van der Waals surface area contributed by atoms with Crippen LogP contribution < -0.4 is 4.74 Å². The predicted octanol–water partition coefficient (Wildman–Crippen LogP) is 3.76. The third kappa shape index (κ3) is 3.36. The van der Waals surface area contributed by atoms with Crippen LogP contribution in [0.4, 0.5) is 0 Å². The summed E-state index contributed by atoms with van der Waals surface area (Å²) < 4.78 is 5.88. The summed E-state index contributed by atoms with van der Waals surface area (Å²) in [6, 6.07) is 3.48. The Morgan fingerprint density at radius 2 is 2.12 bits per heavy atom.